The van der Waals surface area contributed by atoms with Crippen LogP contribution in [0.25, 0.3) is 0 Å². The normalized spacial score (nSPS) is 16.4. The zero-order valence-electron chi connectivity index (χ0n) is 11.4. The van der Waals surface area contributed by atoms with Crippen molar-refractivity contribution in [1.82, 2.24) is 0 Å². The minimum Gasteiger partial charge on any atom is -0.481 e. The van der Waals surface area contributed by atoms with Gasteiger partial charge in [-0.15, -0.1) is 0 Å². The van der Waals surface area contributed by atoms with E-state index in [0.29, 0.717) is 12.8 Å². The van der Waals surface area contributed by atoms with E-state index in [1.807, 2.05) is 13.8 Å². The van der Waals surface area contributed by atoms with Gasteiger partial charge in [-0.1, -0.05) is 32.9 Å². The number of carboxylic acids is 1. The fraction of sp³-hybridized carbons (Fsp3) is 0.714. The molecule has 0 saturated carbocycles. The first-order valence-electron chi connectivity index (χ1n) is 6.52. The van der Waals surface area contributed by atoms with Gasteiger partial charge in [0.2, 0.25) is 0 Å². The molecule has 0 fully saturated rings. The van der Waals surface area contributed by atoms with E-state index in [9.17, 15) is 14.7 Å². The number of aliphatic carboxylic acids is 1. The van der Waals surface area contributed by atoms with Gasteiger partial charge in [-0.3, -0.25) is 9.59 Å². The average molecular weight is 256 g/mol. The zero-order chi connectivity index (χ0) is 14.1. The van der Waals surface area contributed by atoms with Crippen molar-refractivity contribution >= 4 is 11.8 Å². The summed E-state index contributed by atoms with van der Waals surface area (Å²) in [6.45, 7) is 5.59. The Kier molecular flexibility index (Phi) is 8.29. The first kappa shape index (κ1) is 16.8. The lowest BCUT2D eigenvalue weighted by molar-refractivity contribution is -0.145. The highest BCUT2D eigenvalue weighted by Gasteiger charge is 2.23. The maximum absolute atomic E-state index is 11.5. The van der Waals surface area contributed by atoms with Gasteiger partial charge in [-0.2, -0.15) is 0 Å². The second-order valence-corrected chi connectivity index (χ2v) is 4.61. The molecule has 0 aromatic heterocycles. The predicted octanol–water partition coefficient (Wildman–Crippen LogP) is 2.41. The molecule has 0 amide bonds. The van der Waals surface area contributed by atoms with Crippen LogP contribution < -0.4 is 0 Å². The molecule has 104 valence electrons. The van der Waals surface area contributed by atoms with Gasteiger partial charge in [0.1, 0.15) is 5.78 Å². The standard InChI is InChI=1S/C14H24O4/c1-4-10(3)12(15)8-6-7-9-13(16)11(5-2)14(17)18/h6-7,10-11,13,16H,4-5,8-9H2,1-3H3,(H,17,18)/b7-6-/t10-,11+,13+/m0/s1. The first-order valence-corrected chi connectivity index (χ1v) is 6.52. The number of Topliss-reactive ketones (excluding diaryl/α,β-unsaturated/α-hetero) is 1. The van der Waals surface area contributed by atoms with Crippen molar-refractivity contribution in [3.05, 3.63) is 12.2 Å². The van der Waals surface area contributed by atoms with Crippen molar-refractivity contribution < 1.29 is 19.8 Å². The minimum atomic E-state index is -0.978. The maximum Gasteiger partial charge on any atom is 0.309 e. The molecule has 0 bridgehead atoms. The van der Waals surface area contributed by atoms with Gasteiger partial charge in [0.05, 0.1) is 12.0 Å². The van der Waals surface area contributed by atoms with E-state index < -0.39 is 18.0 Å². The molecule has 18 heavy (non-hydrogen) atoms. The van der Waals surface area contributed by atoms with Crippen LogP contribution in [0, 0.1) is 11.8 Å². The van der Waals surface area contributed by atoms with Gasteiger partial charge in [-0.25, -0.2) is 0 Å². The second-order valence-electron chi connectivity index (χ2n) is 4.61. The van der Waals surface area contributed by atoms with E-state index in [1.54, 1.807) is 19.1 Å². The van der Waals surface area contributed by atoms with Gasteiger partial charge in [0, 0.05) is 12.3 Å². The lowest BCUT2D eigenvalue weighted by Gasteiger charge is -2.15. The Balaban J connectivity index is 4.09. The highest BCUT2D eigenvalue weighted by molar-refractivity contribution is 5.81. The molecule has 0 aliphatic rings. The number of ketones is 1. The summed E-state index contributed by atoms with van der Waals surface area (Å²) in [6, 6.07) is 0. The summed E-state index contributed by atoms with van der Waals surface area (Å²) in [5.74, 6) is -1.48. The van der Waals surface area contributed by atoms with Crippen LogP contribution in [0.2, 0.25) is 0 Å². The van der Waals surface area contributed by atoms with E-state index in [4.69, 9.17) is 5.11 Å². The van der Waals surface area contributed by atoms with E-state index >= 15 is 0 Å². The van der Waals surface area contributed by atoms with Gasteiger partial charge in [0.25, 0.3) is 0 Å². The monoisotopic (exact) mass is 256 g/mol. The third-order valence-electron chi connectivity index (χ3n) is 3.25. The van der Waals surface area contributed by atoms with Crippen molar-refractivity contribution in [3.8, 4) is 0 Å². The molecule has 0 radical (unpaired) electrons. The molecular weight excluding hydrogens is 232 g/mol. The number of allylic oxidation sites excluding steroid dienone is 1. The number of aliphatic hydroxyl groups is 1. The van der Waals surface area contributed by atoms with Crippen LogP contribution in [0.5, 0.6) is 0 Å². The van der Waals surface area contributed by atoms with Crippen LogP contribution in [0.4, 0.5) is 0 Å². The molecule has 0 aliphatic carbocycles. The fourth-order valence-corrected chi connectivity index (χ4v) is 1.64. The van der Waals surface area contributed by atoms with Crippen LogP contribution in [-0.2, 0) is 9.59 Å². The Bertz CT molecular complexity index is 296. The van der Waals surface area contributed by atoms with E-state index in [0.717, 1.165) is 6.42 Å². The maximum atomic E-state index is 11.5. The molecule has 2 N–H and O–H groups in total. The highest BCUT2D eigenvalue weighted by Crippen LogP contribution is 2.13. The molecule has 0 aromatic rings. The Hall–Kier alpha value is -1.16. The zero-order valence-corrected chi connectivity index (χ0v) is 11.4. The minimum absolute atomic E-state index is 0.0574. The molecule has 4 heteroatoms. The van der Waals surface area contributed by atoms with Crippen LogP contribution in [0.1, 0.15) is 46.5 Å². The fourth-order valence-electron chi connectivity index (χ4n) is 1.64. The number of carbonyl (C=O) groups excluding carboxylic acids is 1. The summed E-state index contributed by atoms with van der Waals surface area (Å²) in [5.41, 5.74) is 0. The molecule has 0 heterocycles. The summed E-state index contributed by atoms with van der Waals surface area (Å²) >= 11 is 0. The van der Waals surface area contributed by atoms with E-state index in [-0.39, 0.29) is 18.1 Å². The van der Waals surface area contributed by atoms with Crippen LogP contribution in [0.15, 0.2) is 12.2 Å². The Labute approximate surface area is 109 Å². The summed E-state index contributed by atoms with van der Waals surface area (Å²) in [5, 5.41) is 18.5. The van der Waals surface area contributed by atoms with Crippen molar-refractivity contribution in [3.63, 3.8) is 0 Å². The lowest BCUT2D eigenvalue weighted by atomic mass is 9.96. The number of carboxylic acid groups (broad SMARTS) is 1. The third-order valence-corrected chi connectivity index (χ3v) is 3.25. The molecular formula is C14H24O4. The molecule has 0 rings (SSSR count). The Morgan fingerprint density at radius 3 is 2.22 bits per heavy atom. The second kappa shape index (κ2) is 8.86. The Morgan fingerprint density at radius 2 is 1.78 bits per heavy atom. The summed E-state index contributed by atoms with van der Waals surface area (Å²) < 4.78 is 0. The SMILES string of the molecule is CC[C@H](C)C(=O)C/C=C\C[C@@H](O)[C@@H](CC)C(=O)O. The van der Waals surface area contributed by atoms with Gasteiger partial charge in [0.15, 0.2) is 0 Å². The molecule has 3 atom stereocenters. The van der Waals surface area contributed by atoms with E-state index in [1.165, 1.54) is 0 Å². The van der Waals surface area contributed by atoms with Crippen LogP contribution in [0.3, 0.4) is 0 Å². The predicted molar refractivity (Wildman–Crippen MR) is 70.3 cm³/mol. The summed E-state index contributed by atoms with van der Waals surface area (Å²) in [7, 11) is 0. The number of rotatable bonds is 9. The Morgan fingerprint density at radius 1 is 1.17 bits per heavy atom. The van der Waals surface area contributed by atoms with Crippen LogP contribution in [-0.4, -0.2) is 28.1 Å². The van der Waals surface area contributed by atoms with Gasteiger partial charge >= 0.3 is 5.97 Å². The van der Waals surface area contributed by atoms with Crippen molar-refractivity contribution in [1.29, 1.82) is 0 Å². The van der Waals surface area contributed by atoms with E-state index in [2.05, 4.69) is 0 Å². The van der Waals surface area contributed by atoms with Crippen LogP contribution >= 0.6 is 0 Å². The number of aliphatic hydroxyl groups excluding tert-OH is 1. The van der Waals surface area contributed by atoms with Crippen molar-refractivity contribution in [2.45, 2.75) is 52.6 Å². The van der Waals surface area contributed by atoms with Gasteiger partial charge < -0.3 is 10.2 Å². The molecule has 0 unspecified atom stereocenters. The molecule has 0 aromatic carbocycles. The summed E-state index contributed by atoms with van der Waals surface area (Å²) in [4.78, 5) is 22.3. The number of carbonyl (C=O) groups is 2. The molecule has 0 saturated heterocycles. The molecule has 4 nitrogen and oxygen atoms in total. The van der Waals surface area contributed by atoms with Gasteiger partial charge in [-0.05, 0) is 19.3 Å². The first-order chi connectivity index (χ1) is 8.43. The third kappa shape index (κ3) is 5.96. The topological polar surface area (TPSA) is 74.6 Å². The molecule has 0 aliphatic heterocycles. The smallest absolute Gasteiger partial charge is 0.309 e. The number of hydrogen-bond donors (Lipinski definition) is 2. The number of hydrogen-bond acceptors (Lipinski definition) is 3. The lowest BCUT2D eigenvalue weighted by Crippen LogP contribution is -2.26. The highest BCUT2D eigenvalue weighted by atomic mass is 16.4. The van der Waals surface area contributed by atoms with Crippen molar-refractivity contribution in [2.24, 2.45) is 11.8 Å². The molecule has 0 spiro atoms. The summed E-state index contributed by atoms with van der Waals surface area (Å²) in [6.07, 6.45) is 4.37. The van der Waals surface area contributed by atoms with Crippen molar-refractivity contribution in [2.75, 3.05) is 0 Å². The quantitative estimate of drug-likeness (QED) is 0.621. The average Bonchev–Trinajstić information content (AvgIpc) is 2.33. The largest absolute Gasteiger partial charge is 0.481 e.